The topological polar surface area (TPSA) is 12.9 Å². The molecule has 0 spiro atoms. The zero-order valence-corrected chi connectivity index (χ0v) is 12.0. The third-order valence-electron chi connectivity index (χ3n) is 2.39. The fourth-order valence-electron chi connectivity index (χ4n) is 1.75. The molecule has 1 rings (SSSR count). The Morgan fingerprint density at radius 1 is 1.33 bits per heavy atom. The van der Waals surface area contributed by atoms with E-state index in [2.05, 4.69) is 38.5 Å². The first-order chi connectivity index (χ1) is 6.80. The van der Waals surface area contributed by atoms with E-state index in [0.29, 0.717) is 11.1 Å². The van der Waals surface area contributed by atoms with E-state index in [1.807, 2.05) is 12.3 Å². The van der Waals surface area contributed by atoms with Crippen LogP contribution in [0.1, 0.15) is 19.4 Å². The van der Waals surface area contributed by atoms with Crippen LogP contribution >= 0.6 is 11.6 Å². The number of hydrogen-bond acceptors (Lipinski definition) is 1. The summed E-state index contributed by atoms with van der Waals surface area (Å²) < 4.78 is 0. The van der Waals surface area contributed by atoms with Gasteiger partial charge in [0.2, 0.25) is 0 Å². The van der Waals surface area contributed by atoms with Gasteiger partial charge in [-0.05, 0) is 29.2 Å². The van der Waals surface area contributed by atoms with Crippen LogP contribution in [0.4, 0.5) is 0 Å². The first-order valence-electron chi connectivity index (χ1n) is 5.45. The molecule has 1 nitrogen and oxygen atoms in total. The smallest absolute Gasteiger partial charge is 0.129 e. The van der Waals surface area contributed by atoms with Gasteiger partial charge in [0.05, 0.1) is 8.07 Å². The molecule has 0 unspecified atom stereocenters. The van der Waals surface area contributed by atoms with Gasteiger partial charge in [0.15, 0.2) is 0 Å². The third kappa shape index (κ3) is 3.62. The number of aromatic nitrogens is 1. The van der Waals surface area contributed by atoms with Crippen LogP contribution in [-0.4, -0.2) is 13.1 Å². The monoisotopic (exact) mass is 241 g/mol. The lowest BCUT2D eigenvalue weighted by atomic mass is 10.0. The molecule has 0 saturated heterocycles. The van der Waals surface area contributed by atoms with Gasteiger partial charge in [0.25, 0.3) is 0 Å². The Morgan fingerprint density at radius 2 is 1.93 bits per heavy atom. The summed E-state index contributed by atoms with van der Waals surface area (Å²) in [4.78, 5) is 4.21. The molecule has 1 aromatic rings. The number of rotatable bonds is 3. The highest BCUT2D eigenvalue weighted by molar-refractivity contribution is 6.89. The zero-order valence-electron chi connectivity index (χ0n) is 10.3. The summed E-state index contributed by atoms with van der Waals surface area (Å²) in [6.07, 6.45) is 3.08. The maximum Gasteiger partial charge on any atom is 0.129 e. The van der Waals surface area contributed by atoms with Gasteiger partial charge in [-0.1, -0.05) is 45.1 Å². The molecule has 0 radical (unpaired) electrons. The highest BCUT2D eigenvalue weighted by atomic mass is 35.5. The van der Waals surface area contributed by atoms with Crippen molar-refractivity contribution in [2.45, 2.75) is 39.9 Å². The van der Waals surface area contributed by atoms with Gasteiger partial charge in [-0.15, -0.1) is 0 Å². The largest absolute Gasteiger partial charge is 0.245 e. The van der Waals surface area contributed by atoms with Crippen molar-refractivity contribution in [3.63, 3.8) is 0 Å². The lowest BCUT2D eigenvalue weighted by molar-refractivity contribution is 0.648. The maximum atomic E-state index is 5.95. The molecular weight excluding hydrogens is 222 g/mol. The summed E-state index contributed by atoms with van der Waals surface area (Å²) in [6, 6.07) is 2.04. The van der Waals surface area contributed by atoms with Crippen LogP contribution < -0.4 is 5.19 Å². The first kappa shape index (κ1) is 12.7. The standard InChI is InChI=1S/C12H20ClNSi/c1-9(2)6-10-7-12(13)14-8-11(10)15(3,4)5/h7-9H,6H2,1-5H3. The Kier molecular flexibility index (Phi) is 3.96. The van der Waals surface area contributed by atoms with Crippen LogP contribution in [0.15, 0.2) is 12.3 Å². The van der Waals surface area contributed by atoms with Crippen molar-refractivity contribution in [2.24, 2.45) is 5.92 Å². The third-order valence-corrected chi connectivity index (χ3v) is 4.67. The normalized spacial score (nSPS) is 12.2. The quantitative estimate of drug-likeness (QED) is 0.583. The van der Waals surface area contributed by atoms with Gasteiger partial charge in [-0.3, -0.25) is 0 Å². The number of halogens is 1. The maximum absolute atomic E-state index is 5.95. The van der Waals surface area contributed by atoms with Crippen molar-refractivity contribution in [1.82, 2.24) is 4.98 Å². The van der Waals surface area contributed by atoms with Crippen LogP contribution in [0.2, 0.25) is 24.8 Å². The molecule has 1 heterocycles. The van der Waals surface area contributed by atoms with E-state index in [-0.39, 0.29) is 0 Å². The molecule has 1 aromatic heterocycles. The van der Waals surface area contributed by atoms with Gasteiger partial charge in [-0.2, -0.15) is 0 Å². The average molecular weight is 242 g/mol. The molecule has 15 heavy (non-hydrogen) atoms. The number of pyridine rings is 1. The Morgan fingerprint density at radius 3 is 2.40 bits per heavy atom. The van der Waals surface area contributed by atoms with Crippen molar-refractivity contribution >= 4 is 24.9 Å². The average Bonchev–Trinajstić information content (AvgIpc) is 1.99. The van der Waals surface area contributed by atoms with Crippen LogP contribution in [0.3, 0.4) is 0 Å². The van der Waals surface area contributed by atoms with Gasteiger partial charge < -0.3 is 0 Å². The van der Waals surface area contributed by atoms with Crippen LogP contribution in [0, 0.1) is 5.92 Å². The molecule has 0 aromatic carbocycles. The highest BCUT2D eigenvalue weighted by Crippen LogP contribution is 2.14. The molecule has 0 atom stereocenters. The summed E-state index contributed by atoms with van der Waals surface area (Å²) in [5.74, 6) is 0.665. The zero-order chi connectivity index (χ0) is 11.6. The summed E-state index contributed by atoms with van der Waals surface area (Å²) in [6.45, 7) is 11.5. The van der Waals surface area contributed by atoms with E-state index in [9.17, 15) is 0 Å². The van der Waals surface area contributed by atoms with E-state index in [1.54, 1.807) is 0 Å². The van der Waals surface area contributed by atoms with Crippen molar-refractivity contribution in [2.75, 3.05) is 0 Å². The van der Waals surface area contributed by atoms with Crippen LogP contribution in [-0.2, 0) is 6.42 Å². The molecular formula is C12H20ClNSi. The molecule has 84 valence electrons. The molecule has 0 N–H and O–H groups in total. The molecule has 0 aliphatic heterocycles. The predicted octanol–water partition coefficient (Wildman–Crippen LogP) is 3.48. The molecule has 0 aliphatic carbocycles. The fourth-order valence-corrected chi connectivity index (χ4v) is 3.52. The SMILES string of the molecule is CC(C)Cc1cc(Cl)ncc1[Si](C)(C)C. The Balaban J connectivity index is 3.15. The second-order valence-corrected chi connectivity index (χ2v) is 10.9. The summed E-state index contributed by atoms with van der Waals surface area (Å²) >= 11 is 5.95. The van der Waals surface area contributed by atoms with Crippen molar-refractivity contribution in [3.05, 3.63) is 23.0 Å². The Labute approximate surface area is 98.9 Å². The van der Waals surface area contributed by atoms with Crippen molar-refractivity contribution in [1.29, 1.82) is 0 Å². The van der Waals surface area contributed by atoms with E-state index >= 15 is 0 Å². The van der Waals surface area contributed by atoms with Crippen LogP contribution in [0.5, 0.6) is 0 Å². The molecule has 0 saturated carbocycles. The predicted molar refractivity (Wildman–Crippen MR) is 70.8 cm³/mol. The lowest BCUT2D eigenvalue weighted by Crippen LogP contribution is -2.40. The van der Waals surface area contributed by atoms with Crippen molar-refractivity contribution < 1.29 is 0 Å². The highest BCUT2D eigenvalue weighted by Gasteiger charge is 2.21. The summed E-state index contributed by atoms with van der Waals surface area (Å²) in [7, 11) is -1.29. The number of hydrogen-bond donors (Lipinski definition) is 0. The number of nitrogens with zero attached hydrogens (tertiary/aromatic N) is 1. The fraction of sp³-hybridized carbons (Fsp3) is 0.583. The molecule has 0 fully saturated rings. The molecule has 0 amide bonds. The minimum absolute atomic E-state index is 0.618. The minimum atomic E-state index is -1.29. The Bertz CT molecular complexity index is 342. The Hall–Kier alpha value is -0.343. The molecule has 0 aliphatic rings. The second kappa shape index (κ2) is 4.66. The van der Waals surface area contributed by atoms with E-state index in [4.69, 9.17) is 11.6 Å². The first-order valence-corrected chi connectivity index (χ1v) is 9.33. The van der Waals surface area contributed by atoms with Gasteiger partial charge in [-0.25, -0.2) is 4.98 Å². The van der Waals surface area contributed by atoms with Crippen molar-refractivity contribution in [3.8, 4) is 0 Å². The minimum Gasteiger partial charge on any atom is -0.245 e. The van der Waals surface area contributed by atoms with Gasteiger partial charge >= 0.3 is 0 Å². The van der Waals surface area contributed by atoms with Gasteiger partial charge in [0, 0.05) is 6.20 Å². The van der Waals surface area contributed by atoms with E-state index in [1.165, 1.54) is 10.8 Å². The van der Waals surface area contributed by atoms with Gasteiger partial charge in [0.1, 0.15) is 5.15 Å². The molecule has 3 heteroatoms. The summed E-state index contributed by atoms with van der Waals surface area (Å²) in [5.41, 5.74) is 1.39. The van der Waals surface area contributed by atoms with E-state index in [0.717, 1.165) is 6.42 Å². The van der Waals surface area contributed by atoms with E-state index < -0.39 is 8.07 Å². The summed E-state index contributed by atoms with van der Waals surface area (Å²) in [5, 5.41) is 2.06. The van der Waals surface area contributed by atoms with Crippen LogP contribution in [0.25, 0.3) is 0 Å². The molecule has 0 bridgehead atoms. The lowest BCUT2D eigenvalue weighted by Gasteiger charge is -2.21. The second-order valence-electron chi connectivity index (χ2n) is 5.51.